The van der Waals surface area contributed by atoms with Gasteiger partial charge in [-0.3, -0.25) is 0 Å². The van der Waals surface area contributed by atoms with E-state index < -0.39 is 5.97 Å². The van der Waals surface area contributed by atoms with E-state index in [4.69, 9.17) is 0 Å². The zero-order chi connectivity index (χ0) is 9.26. The summed E-state index contributed by atoms with van der Waals surface area (Å²) in [7, 11) is 0. The minimum Gasteiger partial charge on any atom is -0.550 e. The zero-order valence-corrected chi connectivity index (χ0v) is 9.00. The van der Waals surface area contributed by atoms with Crippen molar-refractivity contribution < 1.29 is 28.8 Å². The predicted octanol–water partition coefficient (Wildman–Crippen LogP) is -1.65. The molecule has 0 N–H and O–H groups in total. The van der Waals surface area contributed by atoms with Gasteiger partial charge in [0.2, 0.25) is 0 Å². The van der Waals surface area contributed by atoms with Crippen molar-refractivity contribution in [3.63, 3.8) is 0 Å². The average molecular weight is 188 g/mol. The SMILES string of the molecule is O=C([O-])C1CCC2CCCCC2C1.[Li+]. The molecule has 2 aliphatic rings. The van der Waals surface area contributed by atoms with Crippen LogP contribution in [0.5, 0.6) is 0 Å². The molecular formula is C11H17LiO2. The molecular weight excluding hydrogens is 171 g/mol. The molecule has 2 aliphatic carbocycles. The Hall–Kier alpha value is 0.0674. The van der Waals surface area contributed by atoms with E-state index in [9.17, 15) is 9.90 Å². The number of rotatable bonds is 1. The van der Waals surface area contributed by atoms with Gasteiger partial charge in [0.25, 0.3) is 0 Å². The number of aliphatic carboxylic acids is 1. The Morgan fingerprint density at radius 1 is 1.00 bits per heavy atom. The van der Waals surface area contributed by atoms with E-state index in [1.165, 1.54) is 25.7 Å². The Morgan fingerprint density at radius 3 is 2.29 bits per heavy atom. The summed E-state index contributed by atoms with van der Waals surface area (Å²) in [6.07, 6.45) is 8.15. The van der Waals surface area contributed by atoms with Crippen molar-refractivity contribution in [1.82, 2.24) is 0 Å². The minimum atomic E-state index is -0.816. The maximum Gasteiger partial charge on any atom is 1.00 e. The van der Waals surface area contributed by atoms with Crippen molar-refractivity contribution in [2.24, 2.45) is 17.8 Å². The van der Waals surface area contributed by atoms with Crippen LogP contribution in [0.1, 0.15) is 44.9 Å². The Labute approximate surface area is 97.6 Å². The Bertz CT molecular complexity index is 205. The maximum absolute atomic E-state index is 10.7. The second-order valence-corrected chi connectivity index (χ2v) is 4.63. The maximum atomic E-state index is 10.7. The minimum absolute atomic E-state index is 0. The van der Waals surface area contributed by atoms with Crippen LogP contribution in [0.4, 0.5) is 0 Å². The summed E-state index contributed by atoms with van der Waals surface area (Å²) in [4.78, 5) is 10.7. The molecule has 0 saturated heterocycles. The standard InChI is InChI=1S/C11H18O2.Li/c12-11(13)10-6-5-8-3-1-2-4-9(8)7-10;/h8-10H,1-7H2,(H,12,13);/q;+1/p-1. The molecule has 2 saturated carbocycles. The number of carbonyl (C=O) groups is 1. The molecule has 0 radical (unpaired) electrons. The molecule has 2 rings (SSSR count). The smallest absolute Gasteiger partial charge is 0.550 e. The van der Waals surface area contributed by atoms with Gasteiger partial charge in [-0.05, 0) is 37.0 Å². The molecule has 0 spiro atoms. The number of hydrogen-bond acceptors (Lipinski definition) is 2. The molecule has 0 aromatic heterocycles. The van der Waals surface area contributed by atoms with E-state index in [1.807, 2.05) is 0 Å². The summed E-state index contributed by atoms with van der Waals surface area (Å²) in [6, 6.07) is 0. The van der Waals surface area contributed by atoms with Crippen molar-refractivity contribution in [3.05, 3.63) is 0 Å². The molecule has 14 heavy (non-hydrogen) atoms. The number of carboxylic acids is 1. The predicted molar refractivity (Wildman–Crippen MR) is 47.8 cm³/mol. The molecule has 74 valence electrons. The van der Waals surface area contributed by atoms with Crippen LogP contribution in [0.2, 0.25) is 0 Å². The third kappa shape index (κ3) is 2.55. The average Bonchev–Trinajstić information content (AvgIpc) is 2.17. The summed E-state index contributed by atoms with van der Waals surface area (Å²) in [6.45, 7) is 0. The quantitative estimate of drug-likeness (QED) is 0.462. The second kappa shape index (κ2) is 5.23. The fraction of sp³-hybridized carbons (Fsp3) is 0.909. The van der Waals surface area contributed by atoms with E-state index in [2.05, 4.69) is 0 Å². The Kier molecular flexibility index (Phi) is 4.54. The summed E-state index contributed by atoms with van der Waals surface area (Å²) < 4.78 is 0. The third-order valence-corrected chi connectivity index (χ3v) is 3.87. The van der Waals surface area contributed by atoms with Gasteiger partial charge in [0.05, 0.1) is 0 Å². The molecule has 0 aromatic carbocycles. The van der Waals surface area contributed by atoms with Crippen LogP contribution in [0.15, 0.2) is 0 Å². The first kappa shape index (κ1) is 12.1. The van der Waals surface area contributed by atoms with Crippen LogP contribution < -0.4 is 24.0 Å². The normalized spacial score (nSPS) is 36.7. The van der Waals surface area contributed by atoms with Crippen molar-refractivity contribution in [3.8, 4) is 0 Å². The fourth-order valence-corrected chi connectivity index (χ4v) is 3.09. The molecule has 3 atom stereocenters. The summed E-state index contributed by atoms with van der Waals surface area (Å²) >= 11 is 0. The molecule has 3 heteroatoms. The van der Waals surface area contributed by atoms with Gasteiger partial charge in [-0.15, -0.1) is 0 Å². The van der Waals surface area contributed by atoms with Crippen molar-refractivity contribution in [1.29, 1.82) is 0 Å². The summed E-state index contributed by atoms with van der Waals surface area (Å²) in [5.74, 6) is 0.582. The third-order valence-electron chi connectivity index (χ3n) is 3.87. The monoisotopic (exact) mass is 188 g/mol. The fourth-order valence-electron chi connectivity index (χ4n) is 3.09. The van der Waals surface area contributed by atoms with Crippen molar-refractivity contribution in [2.75, 3.05) is 0 Å². The van der Waals surface area contributed by atoms with E-state index in [0.29, 0.717) is 5.92 Å². The van der Waals surface area contributed by atoms with Gasteiger partial charge in [0.15, 0.2) is 0 Å². The Balaban J connectivity index is 0.000000980. The number of hydrogen-bond donors (Lipinski definition) is 0. The van der Waals surface area contributed by atoms with Gasteiger partial charge in [-0.1, -0.05) is 25.7 Å². The Morgan fingerprint density at radius 2 is 1.64 bits per heavy atom. The molecule has 2 fully saturated rings. The van der Waals surface area contributed by atoms with E-state index in [0.717, 1.165) is 25.2 Å². The number of fused-ring (bicyclic) bond motifs is 1. The summed E-state index contributed by atoms with van der Waals surface area (Å²) in [5, 5.41) is 10.7. The first-order valence-electron chi connectivity index (χ1n) is 5.48. The molecule has 0 heterocycles. The molecule has 3 unspecified atom stereocenters. The van der Waals surface area contributed by atoms with E-state index in [1.54, 1.807) is 0 Å². The number of carboxylic acid groups (broad SMARTS) is 1. The first-order valence-corrected chi connectivity index (χ1v) is 5.48. The van der Waals surface area contributed by atoms with Crippen LogP contribution >= 0.6 is 0 Å². The number of carbonyl (C=O) groups excluding carboxylic acids is 1. The van der Waals surface area contributed by atoms with Gasteiger partial charge < -0.3 is 9.90 Å². The molecule has 0 bridgehead atoms. The van der Waals surface area contributed by atoms with E-state index >= 15 is 0 Å². The van der Waals surface area contributed by atoms with Crippen LogP contribution in [0, 0.1) is 17.8 Å². The van der Waals surface area contributed by atoms with Gasteiger partial charge in [-0.25, -0.2) is 0 Å². The first-order chi connectivity index (χ1) is 6.27. The largest absolute Gasteiger partial charge is 1.00 e. The van der Waals surface area contributed by atoms with E-state index in [-0.39, 0.29) is 24.8 Å². The molecule has 2 nitrogen and oxygen atoms in total. The molecule has 0 amide bonds. The van der Waals surface area contributed by atoms with Crippen LogP contribution in [0.25, 0.3) is 0 Å². The van der Waals surface area contributed by atoms with Crippen LogP contribution in [-0.2, 0) is 4.79 Å². The van der Waals surface area contributed by atoms with Crippen molar-refractivity contribution >= 4 is 5.97 Å². The van der Waals surface area contributed by atoms with Gasteiger partial charge in [0, 0.05) is 5.97 Å². The van der Waals surface area contributed by atoms with Crippen molar-refractivity contribution in [2.45, 2.75) is 44.9 Å². The van der Waals surface area contributed by atoms with Gasteiger partial charge in [0.1, 0.15) is 0 Å². The van der Waals surface area contributed by atoms with Gasteiger partial charge in [-0.2, -0.15) is 0 Å². The topological polar surface area (TPSA) is 40.1 Å². The second-order valence-electron chi connectivity index (χ2n) is 4.63. The zero-order valence-electron chi connectivity index (χ0n) is 9.00. The summed E-state index contributed by atoms with van der Waals surface area (Å²) in [5.41, 5.74) is 0. The molecule has 0 aliphatic heterocycles. The molecule has 0 aromatic rings. The van der Waals surface area contributed by atoms with Crippen LogP contribution in [-0.4, -0.2) is 5.97 Å². The van der Waals surface area contributed by atoms with Gasteiger partial charge >= 0.3 is 18.9 Å². The van der Waals surface area contributed by atoms with Crippen LogP contribution in [0.3, 0.4) is 0 Å².